The smallest absolute Gasteiger partial charge is 0.233 e. The molecule has 5 heteroatoms. The summed E-state index contributed by atoms with van der Waals surface area (Å²) in [5.41, 5.74) is 0.913. The third-order valence-electron chi connectivity index (χ3n) is 3.96. The molecule has 1 fully saturated rings. The molecule has 2 aliphatic rings. The van der Waals surface area contributed by atoms with E-state index in [0.717, 1.165) is 43.9 Å². The van der Waals surface area contributed by atoms with Gasteiger partial charge in [0.05, 0.1) is 11.1 Å². The molecule has 1 unspecified atom stereocenters. The lowest BCUT2D eigenvalue weighted by molar-refractivity contribution is -0.125. The van der Waals surface area contributed by atoms with E-state index >= 15 is 0 Å². The topological polar surface area (TPSA) is 54.0 Å². The van der Waals surface area contributed by atoms with Gasteiger partial charge in [0.2, 0.25) is 5.91 Å². The van der Waals surface area contributed by atoms with Crippen molar-refractivity contribution in [3.8, 4) is 0 Å². The molecule has 0 spiro atoms. The SMILES string of the molecule is CC1(C(=O)Nc2nc3c(s2)CCC3)CCCNC1. The molecule has 1 aliphatic carbocycles. The molecule has 1 atom stereocenters. The number of piperidine rings is 1. The van der Waals surface area contributed by atoms with Gasteiger partial charge in [0.15, 0.2) is 5.13 Å². The van der Waals surface area contributed by atoms with E-state index in [4.69, 9.17) is 0 Å². The van der Waals surface area contributed by atoms with Crippen LogP contribution >= 0.6 is 11.3 Å². The largest absolute Gasteiger partial charge is 0.316 e. The number of rotatable bonds is 2. The van der Waals surface area contributed by atoms with Crippen LogP contribution in [0.15, 0.2) is 0 Å². The molecular weight excluding hydrogens is 246 g/mol. The lowest BCUT2D eigenvalue weighted by atomic mass is 9.82. The number of nitrogens with one attached hydrogen (secondary N) is 2. The van der Waals surface area contributed by atoms with Crippen LogP contribution in [0.3, 0.4) is 0 Å². The molecule has 98 valence electrons. The summed E-state index contributed by atoms with van der Waals surface area (Å²) in [5, 5.41) is 7.10. The molecule has 0 aromatic carbocycles. The fraction of sp³-hybridized carbons (Fsp3) is 0.692. The Balaban J connectivity index is 1.69. The van der Waals surface area contributed by atoms with Crippen molar-refractivity contribution < 1.29 is 4.79 Å². The van der Waals surface area contributed by atoms with Crippen molar-refractivity contribution in [2.45, 2.75) is 39.0 Å². The summed E-state index contributed by atoms with van der Waals surface area (Å²) in [7, 11) is 0. The first-order chi connectivity index (χ1) is 8.67. The predicted molar refractivity (Wildman–Crippen MR) is 73.0 cm³/mol. The number of nitrogens with zero attached hydrogens (tertiary/aromatic N) is 1. The zero-order chi connectivity index (χ0) is 12.6. The maximum absolute atomic E-state index is 12.3. The molecular formula is C13H19N3OS. The van der Waals surface area contributed by atoms with Crippen molar-refractivity contribution in [2.75, 3.05) is 18.4 Å². The lowest BCUT2D eigenvalue weighted by Gasteiger charge is -2.32. The highest BCUT2D eigenvalue weighted by Crippen LogP contribution is 2.32. The quantitative estimate of drug-likeness (QED) is 0.859. The number of carbonyl (C=O) groups excluding carboxylic acids is 1. The van der Waals surface area contributed by atoms with Gasteiger partial charge < -0.3 is 10.6 Å². The summed E-state index contributed by atoms with van der Waals surface area (Å²) >= 11 is 1.65. The molecule has 18 heavy (non-hydrogen) atoms. The maximum atomic E-state index is 12.3. The van der Waals surface area contributed by atoms with E-state index in [2.05, 4.69) is 15.6 Å². The van der Waals surface area contributed by atoms with Crippen LogP contribution in [0, 0.1) is 5.41 Å². The number of fused-ring (bicyclic) bond motifs is 1. The Morgan fingerprint density at radius 3 is 3.06 bits per heavy atom. The molecule has 2 heterocycles. The van der Waals surface area contributed by atoms with E-state index in [1.807, 2.05) is 6.92 Å². The minimum Gasteiger partial charge on any atom is -0.316 e. The zero-order valence-corrected chi connectivity index (χ0v) is 11.5. The Labute approximate surface area is 111 Å². The van der Waals surface area contributed by atoms with E-state index in [1.165, 1.54) is 17.0 Å². The van der Waals surface area contributed by atoms with Gasteiger partial charge in [-0.1, -0.05) is 0 Å². The summed E-state index contributed by atoms with van der Waals surface area (Å²) < 4.78 is 0. The fourth-order valence-electron chi connectivity index (χ4n) is 2.74. The average Bonchev–Trinajstić information content (AvgIpc) is 2.90. The molecule has 1 saturated heterocycles. The van der Waals surface area contributed by atoms with Gasteiger partial charge >= 0.3 is 0 Å². The van der Waals surface area contributed by atoms with Gasteiger partial charge in [0.1, 0.15) is 0 Å². The van der Waals surface area contributed by atoms with Gasteiger partial charge in [0, 0.05) is 11.4 Å². The molecule has 1 amide bonds. The van der Waals surface area contributed by atoms with Gasteiger partial charge in [-0.3, -0.25) is 4.79 Å². The second-order valence-corrected chi connectivity index (χ2v) is 6.62. The number of anilines is 1. The van der Waals surface area contributed by atoms with Crippen LogP contribution in [0.25, 0.3) is 0 Å². The van der Waals surface area contributed by atoms with Crippen molar-refractivity contribution in [3.05, 3.63) is 10.6 Å². The second-order valence-electron chi connectivity index (χ2n) is 5.54. The van der Waals surface area contributed by atoms with Gasteiger partial charge in [0.25, 0.3) is 0 Å². The van der Waals surface area contributed by atoms with Crippen molar-refractivity contribution in [3.63, 3.8) is 0 Å². The minimum atomic E-state index is -0.283. The third kappa shape index (κ3) is 2.17. The fourth-order valence-corrected chi connectivity index (χ4v) is 3.79. The van der Waals surface area contributed by atoms with Crippen LogP contribution in [0.1, 0.15) is 36.8 Å². The summed E-state index contributed by atoms with van der Waals surface area (Å²) in [6.07, 6.45) is 5.43. The number of thiazole rings is 1. The van der Waals surface area contributed by atoms with Crippen LogP contribution in [0.5, 0.6) is 0 Å². The summed E-state index contributed by atoms with van der Waals surface area (Å²) in [6.45, 7) is 3.83. The molecule has 0 radical (unpaired) electrons. The number of aromatic nitrogens is 1. The highest BCUT2D eigenvalue weighted by Gasteiger charge is 2.35. The normalized spacial score (nSPS) is 26.9. The van der Waals surface area contributed by atoms with E-state index in [-0.39, 0.29) is 11.3 Å². The number of carbonyl (C=O) groups is 1. The van der Waals surface area contributed by atoms with Gasteiger partial charge in [-0.2, -0.15) is 0 Å². The van der Waals surface area contributed by atoms with Crippen LogP contribution in [-0.2, 0) is 17.6 Å². The highest BCUT2D eigenvalue weighted by atomic mass is 32.1. The van der Waals surface area contributed by atoms with E-state index in [0.29, 0.717) is 0 Å². The van der Waals surface area contributed by atoms with Crippen molar-refractivity contribution in [1.29, 1.82) is 0 Å². The molecule has 0 bridgehead atoms. The Hall–Kier alpha value is -0.940. The standard InChI is InChI=1S/C13H19N3OS/c1-13(6-3-7-14-8-13)11(17)16-12-15-9-4-2-5-10(9)18-12/h14H,2-8H2,1H3,(H,15,16,17). The Morgan fingerprint density at radius 1 is 1.44 bits per heavy atom. The van der Waals surface area contributed by atoms with E-state index in [9.17, 15) is 4.79 Å². The summed E-state index contributed by atoms with van der Waals surface area (Å²) in [4.78, 5) is 18.2. The predicted octanol–water partition coefficient (Wildman–Crippen LogP) is 1.96. The summed E-state index contributed by atoms with van der Waals surface area (Å²) in [5.74, 6) is 0.113. The number of aryl methyl sites for hydroxylation is 2. The van der Waals surface area contributed by atoms with Crippen molar-refractivity contribution in [1.82, 2.24) is 10.3 Å². The number of amides is 1. The second kappa shape index (κ2) is 4.63. The Bertz CT molecular complexity index is 441. The summed E-state index contributed by atoms with van der Waals surface area (Å²) in [6, 6.07) is 0. The maximum Gasteiger partial charge on any atom is 0.233 e. The molecule has 0 saturated carbocycles. The van der Waals surface area contributed by atoms with Gasteiger partial charge in [-0.05, 0) is 45.6 Å². The first-order valence-corrected chi connectivity index (χ1v) is 7.50. The van der Waals surface area contributed by atoms with Crippen LogP contribution < -0.4 is 10.6 Å². The van der Waals surface area contributed by atoms with Crippen LogP contribution in [-0.4, -0.2) is 24.0 Å². The van der Waals surface area contributed by atoms with Crippen molar-refractivity contribution >= 4 is 22.4 Å². The zero-order valence-electron chi connectivity index (χ0n) is 10.7. The average molecular weight is 265 g/mol. The van der Waals surface area contributed by atoms with Crippen LogP contribution in [0.2, 0.25) is 0 Å². The van der Waals surface area contributed by atoms with Gasteiger partial charge in [-0.15, -0.1) is 11.3 Å². The molecule has 1 aromatic heterocycles. The molecule has 1 aliphatic heterocycles. The van der Waals surface area contributed by atoms with Crippen LogP contribution in [0.4, 0.5) is 5.13 Å². The third-order valence-corrected chi connectivity index (χ3v) is 5.03. The molecule has 1 aromatic rings. The Morgan fingerprint density at radius 2 is 2.33 bits per heavy atom. The van der Waals surface area contributed by atoms with E-state index in [1.54, 1.807) is 11.3 Å². The first-order valence-electron chi connectivity index (χ1n) is 6.68. The van der Waals surface area contributed by atoms with E-state index < -0.39 is 0 Å². The molecule has 2 N–H and O–H groups in total. The minimum absolute atomic E-state index is 0.113. The number of hydrogen-bond donors (Lipinski definition) is 2. The number of hydrogen-bond acceptors (Lipinski definition) is 4. The molecule has 4 nitrogen and oxygen atoms in total. The monoisotopic (exact) mass is 265 g/mol. The Kier molecular flexibility index (Phi) is 3.11. The highest BCUT2D eigenvalue weighted by molar-refractivity contribution is 7.15. The first kappa shape index (κ1) is 12.1. The van der Waals surface area contributed by atoms with Gasteiger partial charge in [-0.25, -0.2) is 4.98 Å². The molecule has 3 rings (SSSR count). The lowest BCUT2D eigenvalue weighted by Crippen LogP contribution is -2.46. The van der Waals surface area contributed by atoms with Crippen molar-refractivity contribution in [2.24, 2.45) is 5.41 Å².